The summed E-state index contributed by atoms with van der Waals surface area (Å²) in [5, 5.41) is 8.65. The number of carbonyl (C=O) groups is 1. The van der Waals surface area contributed by atoms with Crippen molar-refractivity contribution in [1.29, 1.82) is 0 Å². The van der Waals surface area contributed by atoms with Gasteiger partial charge in [-0.2, -0.15) is 18.4 Å². The van der Waals surface area contributed by atoms with Crippen LogP contribution >= 0.6 is 0 Å². The molecular formula is C24H20N4O3S. The van der Waals surface area contributed by atoms with E-state index in [1.807, 2.05) is 24.3 Å². The number of hydrogen-bond donors (Lipinski definition) is 2. The summed E-state index contributed by atoms with van der Waals surface area (Å²) >= 11 is 0. The third-order valence-corrected chi connectivity index (χ3v) is 6.05. The molecule has 1 aromatic heterocycles. The van der Waals surface area contributed by atoms with Crippen LogP contribution < -0.4 is 10.1 Å². The molecule has 0 aliphatic carbocycles. The van der Waals surface area contributed by atoms with E-state index in [0.717, 1.165) is 10.8 Å². The number of hydrogen-bond acceptors (Lipinski definition) is 5. The van der Waals surface area contributed by atoms with Crippen molar-refractivity contribution < 1.29 is 13.2 Å². The molecule has 0 fully saturated rings. The van der Waals surface area contributed by atoms with Crippen LogP contribution in [0.1, 0.15) is 22.8 Å². The van der Waals surface area contributed by atoms with Crippen LogP contribution in [0.5, 0.6) is 0 Å². The minimum atomic E-state index is -3.83. The van der Waals surface area contributed by atoms with Gasteiger partial charge in [0.1, 0.15) is 0 Å². The molecule has 0 bridgehead atoms. The molecule has 7 nitrogen and oxygen atoms in total. The van der Waals surface area contributed by atoms with E-state index in [2.05, 4.69) is 20.2 Å². The predicted molar refractivity (Wildman–Crippen MR) is 125 cm³/mol. The highest BCUT2D eigenvalue weighted by atomic mass is 32.2. The van der Waals surface area contributed by atoms with Gasteiger partial charge in [0, 0.05) is 23.6 Å². The van der Waals surface area contributed by atoms with E-state index in [1.54, 1.807) is 73.9 Å². The van der Waals surface area contributed by atoms with Gasteiger partial charge in [0.05, 0.1) is 10.6 Å². The standard InChI is InChI=1S/C24H20N4O3S/c1-17(20-7-4-8-22(15-20)26-24(29)19-11-13-25-14-12-19)27-28-32(30,31)23-10-9-18-5-2-3-6-21(18)16-23/h2-16,28H,1H3,(H,26,29)/b27-17-. The lowest BCUT2D eigenvalue weighted by atomic mass is 10.1. The van der Waals surface area contributed by atoms with Crippen molar-refractivity contribution in [3.8, 4) is 0 Å². The summed E-state index contributed by atoms with van der Waals surface area (Å²) in [6, 6.07) is 22.7. The molecule has 0 unspecified atom stereocenters. The molecule has 4 rings (SSSR count). The normalized spacial score (nSPS) is 11.8. The number of anilines is 1. The Kier molecular flexibility index (Phi) is 5.96. The van der Waals surface area contributed by atoms with Gasteiger partial charge in [-0.1, -0.05) is 42.5 Å². The molecule has 0 atom stereocenters. The summed E-state index contributed by atoms with van der Waals surface area (Å²) in [4.78, 5) is 18.7. The van der Waals surface area contributed by atoms with E-state index in [0.29, 0.717) is 22.5 Å². The molecule has 2 N–H and O–H groups in total. The molecule has 1 amide bonds. The smallest absolute Gasteiger partial charge is 0.276 e. The van der Waals surface area contributed by atoms with Gasteiger partial charge in [-0.3, -0.25) is 9.78 Å². The SMILES string of the molecule is C/C(=N/NS(=O)(=O)c1ccc2ccccc2c1)c1cccc(NC(=O)c2ccncc2)c1. The fourth-order valence-electron chi connectivity index (χ4n) is 3.11. The first-order chi connectivity index (χ1) is 15.4. The first-order valence-corrected chi connectivity index (χ1v) is 11.3. The number of benzene rings is 3. The molecule has 0 saturated heterocycles. The van der Waals surface area contributed by atoms with Gasteiger partial charge in [-0.05, 0) is 59.7 Å². The molecule has 3 aromatic carbocycles. The van der Waals surface area contributed by atoms with E-state index >= 15 is 0 Å². The lowest BCUT2D eigenvalue weighted by Gasteiger charge is -2.09. The topological polar surface area (TPSA) is 101 Å². The summed E-state index contributed by atoms with van der Waals surface area (Å²) in [5.74, 6) is -0.267. The predicted octanol–water partition coefficient (Wildman–Crippen LogP) is 4.19. The van der Waals surface area contributed by atoms with E-state index in [1.165, 1.54) is 0 Å². The van der Waals surface area contributed by atoms with Crippen molar-refractivity contribution in [3.63, 3.8) is 0 Å². The van der Waals surface area contributed by atoms with E-state index < -0.39 is 10.0 Å². The van der Waals surface area contributed by atoms with Gasteiger partial charge in [0.2, 0.25) is 0 Å². The maximum Gasteiger partial charge on any atom is 0.276 e. The second kappa shape index (κ2) is 8.99. The average Bonchev–Trinajstić information content (AvgIpc) is 2.83. The molecule has 0 aliphatic rings. The highest BCUT2D eigenvalue weighted by Gasteiger charge is 2.14. The van der Waals surface area contributed by atoms with Crippen molar-refractivity contribution in [2.24, 2.45) is 5.10 Å². The van der Waals surface area contributed by atoms with Gasteiger partial charge in [0.25, 0.3) is 15.9 Å². The van der Waals surface area contributed by atoms with Crippen LogP contribution in [0.2, 0.25) is 0 Å². The Labute approximate surface area is 185 Å². The van der Waals surface area contributed by atoms with Crippen LogP contribution in [0.4, 0.5) is 5.69 Å². The number of hydrazone groups is 1. The minimum Gasteiger partial charge on any atom is -0.322 e. The third-order valence-electron chi connectivity index (χ3n) is 4.85. The Morgan fingerprint density at radius 3 is 2.38 bits per heavy atom. The highest BCUT2D eigenvalue weighted by molar-refractivity contribution is 7.89. The number of pyridine rings is 1. The van der Waals surface area contributed by atoms with Gasteiger partial charge >= 0.3 is 0 Å². The second-order valence-electron chi connectivity index (χ2n) is 7.07. The van der Waals surface area contributed by atoms with Crippen molar-refractivity contribution in [2.75, 3.05) is 5.32 Å². The molecule has 0 aliphatic heterocycles. The molecule has 0 spiro atoms. The first kappa shape index (κ1) is 21.2. The van der Waals surface area contributed by atoms with Crippen LogP contribution in [0.3, 0.4) is 0 Å². The monoisotopic (exact) mass is 444 g/mol. The number of amides is 1. The second-order valence-corrected chi connectivity index (χ2v) is 8.73. The molecule has 160 valence electrons. The fourth-order valence-corrected chi connectivity index (χ4v) is 4.00. The number of aromatic nitrogens is 1. The van der Waals surface area contributed by atoms with Crippen molar-refractivity contribution in [1.82, 2.24) is 9.82 Å². The summed E-state index contributed by atoms with van der Waals surface area (Å²) in [5.41, 5.74) is 2.17. The van der Waals surface area contributed by atoms with Gasteiger partial charge in [-0.15, -0.1) is 0 Å². The van der Waals surface area contributed by atoms with Crippen LogP contribution in [0.15, 0.2) is 101 Å². The number of fused-ring (bicyclic) bond motifs is 1. The molecule has 0 radical (unpaired) electrons. The summed E-state index contributed by atoms with van der Waals surface area (Å²) in [7, 11) is -3.83. The Morgan fingerprint density at radius 1 is 0.844 bits per heavy atom. The van der Waals surface area contributed by atoms with E-state index in [4.69, 9.17) is 0 Å². The molecule has 1 heterocycles. The third kappa shape index (κ3) is 4.81. The number of nitrogens with one attached hydrogen (secondary N) is 2. The summed E-state index contributed by atoms with van der Waals surface area (Å²) < 4.78 is 25.4. The largest absolute Gasteiger partial charge is 0.322 e. The first-order valence-electron chi connectivity index (χ1n) is 9.79. The maximum absolute atomic E-state index is 12.7. The number of sulfonamides is 1. The molecule has 32 heavy (non-hydrogen) atoms. The lowest BCUT2D eigenvalue weighted by Crippen LogP contribution is -2.20. The maximum atomic E-state index is 12.7. The average molecular weight is 445 g/mol. The lowest BCUT2D eigenvalue weighted by molar-refractivity contribution is 0.102. The van der Waals surface area contributed by atoms with E-state index in [9.17, 15) is 13.2 Å². The molecule has 8 heteroatoms. The Balaban J connectivity index is 1.51. The van der Waals surface area contributed by atoms with E-state index in [-0.39, 0.29) is 10.8 Å². The quantitative estimate of drug-likeness (QED) is 0.344. The molecule has 0 saturated carbocycles. The number of nitrogens with zero attached hydrogens (tertiary/aromatic N) is 2. The highest BCUT2D eigenvalue weighted by Crippen LogP contribution is 2.19. The molecule has 4 aromatic rings. The van der Waals surface area contributed by atoms with Crippen LogP contribution in [-0.4, -0.2) is 25.0 Å². The summed E-state index contributed by atoms with van der Waals surface area (Å²) in [6.07, 6.45) is 3.09. The fraction of sp³-hybridized carbons (Fsp3) is 0.0417. The Hall–Kier alpha value is -4.04. The van der Waals surface area contributed by atoms with Crippen LogP contribution in [0, 0.1) is 0 Å². The number of carbonyl (C=O) groups excluding carboxylic acids is 1. The Morgan fingerprint density at radius 2 is 1.59 bits per heavy atom. The van der Waals surface area contributed by atoms with Crippen LogP contribution in [-0.2, 0) is 10.0 Å². The zero-order valence-electron chi connectivity index (χ0n) is 17.2. The number of rotatable bonds is 6. The Bertz CT molecular complexity index is 1420. The van der Waals surface area contributed by atoms with Gasteiger partial charge < -0.3 is 5.32 Å². The van der Waals surface area contributed by atoms with Crippen molar-refractivity contribution in [2.45, 2.75) is 11.8 Å². The zero-order valence-corrected chi connectivity index (χ0v) is 18.0. The van der Waals surface area contributed by atoms with Gasteiger partial charge in [0.15, 0.2) is 0 Å². The van der Waals surface area contributed by atoms with Crippen molar-refractivity contribution in [3.05, 3.63) is 102 Å². The molecular weight excluding hydrogens is 424 g/mol. The van der Waals surface area contributed by atoms with Crippen LogP contribution in [0.25, 0.3) is 10.8 Å². The summed E-state index contributed by atoms with van der Waals surface area (Å²) in [6.45, 7) is 1.69. The van der Waals surface area contributed by atoms with Gasteiger partial charge in [-0.25, -0.2) is 0 Å². The van der Waals surface area contributed by atoms with Crippen molar-refractivity contribution >= 4 is 38.1 Å². The zero-order chi connectivity index (χ0) is 22.6. The minimum absolute atomic E-state index is 0.131.